The van der Waals surface area contributed by atoms with Crippen molar-refractivity contribution in [2.24, 2.45) is 0 Å². The Morgan fingerprint density at radius 2 is 2.07 bits per heavy atom. The number of hydrogen-bond donors (Lipinski definition) is 2. The molecule has 14 heavy (non-hydrogen) atoms. The minimum atomic E-state index is -0.466. The van der Waals surface area contributed by atoms with Gasteiger partial charge in [0.15, 0.2) is 0 Å². The first-order valence-electron chi connectivity index (χ1n) is 4.03. The van der Waals surface area contributed by atoms with Crippen LogP contribution < -0.4 is 5.32 Å². The monoisotopic (exact) mass is 227 g/mol. The summed E-state index contributed by atoms with van der Waals surface area (Å²) in [5.41, 5.74) is 0.826. The Bertz CT molecular complexity index is 345. The highest BCUT2D eigenvalue weighted by atomic mass is 32.1. The van der Waals surface area contributed by atoms with Crippen LogP contribution in [-0.2, 0) is 9.59 Å². The molecule has 5 heteroatoms. The second kappa shape index (κ2) is 5.07. The van der Waals surface area contributed by atoms with Gasteiger partial charge in [0.25, 0.3) is 0 Å². The summed E-state index contributed by atoms with van der Waals surface area (Å²) >= 11 is 8.59. The number of thiol groups is 1. The zero-order valence-corrected chi connectivity index (χ0v) is 9.03. The first kappa shape index (κ1) is 11.1. The van der Waals surface area contributed by atoms with Crippen molar-refractivity contribution in [2.75, 3.05) is 6.54 Å². The van der Waals surface area contributed by atoms with Crippen molar-refractivity contribution in [2.45, 2.75) is 6.42 Å². The molecule has 0 saturated carbocycles. The Kier molecular flexibility index (Phi) is 4.03. The van der Waals surface area contributed by atoms with Gasteiger partial charge in [-0.3, -0.25) is 9.59 Å². The van der Waals surface area contributed by atoms with E-state index in [-0.39, 0.29) is 0 Å². The summed E-state index contributed by atoms with van der Waals surface area (Å²) in [7, 11) is 0. The standard InChI is InChI=1S/C9H9NO2S2/c11-7-2-1-6(5-8(7)12)3-4-10-9(13)14/h1-2,5H,3-4H2,(H2,10,13,14). The highest BCUT2D eigenvalue weighted by Crippen LogP contribution is 2.08. The lowest BCUT2D eigenvalue weighted by Gasteiger charge is -2.06. The minimum absolute atomic E-state index is 0.424. The van der Waals surface area contributed by atoms with Crippen LogP contribution in [0.15, 0.2) is 23.8 Å². The van der Waals surface area contributed by atoms with E-state index < -0.39 is 11.6 Å². The second-order valence-corrected chi connectivity index (χ2v) is 3.92. The Hall–Kier alpha value is -0.940. The van der Waals surface area contributed by atoms with E-state index in [1.807, 2.05) is 0 Å². The number of carbonyl (C=O) groups excluding carboxylic acids is 2. The molecule has 1 rings (SSSR count). The number of carbonyl (C=O) groups is 2. The molecule has 0 heterocycles. The number of hydrogen-bond acceptors (Lipinski definition) is 3. The molecule has 0 spiro atoms. The number of thiocarbonyl (C=S) groups is 1. The first-order valence-corrected chi connectivity index (χ1v) is 4.89. The maximum atomic E-state index is 11.0. The van der Waals surface area contributed by atoms with E-state index in [1.165, 1.54) is 12.2 Å². The predicted octanol–water partition coefficient (Wildman–Crippen LogP) is 0.815. The molecule has 1 aliphatic carbocycles. The summed E-state index contributed by atoms with van der Waals surface area (Å²) in [4.78, 5) is 21.8. The van der Waals surface area contributed by atoms with E-state index in [0.717, 1.165) is 5.57 Å². The van der Waals surface area contributed by atoms with E-state index in [0.29, 0.717) is 17.3 Å². The van der Waals surface area contributed by atoms with Crippen molar-refractivity contribution >= 4 is 40.7 Å². The van der Waals surface area contributed by atoms with Gasteiger partial charge in [-0.2, -0.15) is 0 Å². The van der Waals surface area contributed by atoms with Gasteiger partial charge in [0, 0.05) is 6.54 Å². The molecule has 74 valence electrons. The normalized spacial score (nSPS) is 15.4. The quantitative estimate of drug-likeness (QED) is 0.324. The lowest BCUT2D eigenvalue weighted by molar-refractivity contribution is -0.131. The number of allylic oxidation sites excluding steroid dienone is 3. The zero-order valence-electron chi connectivity index (χ0n) is 7.32. The fourth-order valence-electron chi connectivity index (χ4n) is 1.02. The molecule has 0 aromatic rings. The molecule has 0 saturated heterocycles. The van der Waals surface area contributed by atoms with Gasteiger partial charge in [-0.25, -0.2) is 0 Å². The van der Waals surface area contributed by atoms with E-state index in [1.54, 1.807) is 6.08 Å². The topological polar surface area (TPSA) is 46.2 Å². The first-order chi connectivity index (χ1) is 6.59. The van der Waals surface area contributed by atoms with Crippen LogP contribution in [0.1, 0.15) is 6.42 Å². The molecule has 1 aliphatic rings. The van der Waals surface area contributed by atoms with Gasteiger partial charge in [-0.15, -0.1) is 12.6 Å². The maximum Gasteiger partial charge on any atom is 0.225 e. The number of rotatable bonds is 3. The van der Waals surface area contributed by atoms with Crippen molar-refractivity contribution in [1.29, 1.82) is 0 Å². The predicted molar refractivity (Wildman–Crippen MR) is 61.4 cm³/mol. The summed E-state index contributed by atoms with van der Waals surface area (Å²) in [5, 5.41) is 2.84. The third-order valence-electron chi connectivity index (χ3n) is 1.70. The average Bonchev–Trinajstić information content (AvgIpc) is 2.10. The van der Waals surface area contributed by atoms with Crippen LogP contribution in [0.3, 0.4) is 0 Å². The number of nitrogens with one attached hydrogen (secondary N) is 1. The molecule has 0 bridgehead atoms. The van der Waals surface area contributed by atoms with Crippen molar-refractivity contribution in [3.8, 4) is 0 Å². The Morgan fingerprint density at radius 1 is 1.36 bits per heavy atom. The van der Waals surface area contributed by atoms with Gasteiger partial charge in [-0.1, -0.05) is 18.3 Å². The van der Waals surface area contributed by atoms with Gasteiger partial charge < -0.3 is 5.32 Å². The minimum Gasteiger partial charge on any atom is -0.371 e. The van der Waals surface area contributed by atoms with Crippen LogP contribution in [0.25, 0.3) is 0 Å². The fourth-order valence-corrected chi connectivity index (χ4v) is 1.24. The molecular weight excluding hydrogens is 218 g/mol. The van der Waals surface area contributed by atoms with E-state index >= 15 is 0 Å². The van der Waals surface area contributed by atoms with Crippen molar-refractivity contribution < 1.29 is 9.59 Å². The molecule has 0 unspecified atom stereocenters. The zero-order chi connectivity index (χ0) is 10.6. The third-order valence-corrected chi connectivity index (χ3v) is 2.00. The van der Waals surface area contributed by atoms with Crippen molar-refractivity contribution in [1.82, 2.24) is 5.32 Å². The van der Waals surface area contributed by atoms with Gasteiger partial charge in [0.2, 0.25) is 11.6 Å². The Morgan fingerprint density at radius 3 is 2.64 bits per heavy atom. The average molecular weight is 227 g/mol. The van der Waals surface area contributed by atoms with Crippen molar-refractivity contribution in [3.63, 3.8) is 0 Å². The molecule has 0 aromatic carbocycles. The molecule has 0 aliphatic heterocycles. The highest BCUT2D eigenvalue weighted by molar-refractivity contribution is 8.11. The molecule has 1 N–H and O–H groups in total. The van der Waals surface area contributed by atoms with E-state index in [2.05, 4.69) is 17.9 Å². The third kappa shape index (κ3) is 3.43. The maximum absolute atomic E-state index is 11.0. The smallest absolute Gasteiger partial charge is 0.225 e. The van der Waals surface area contributed by atoms with Crippen LogP contribution >= 0.6 is 24.8 Å². The van der Waals surface area contributed by atoms with Crippen LogP contribution in [0, 0.1) is 0 Å². The Balaban J connectivity index is 2.43. The van der Waals surface area contributed by atoms with Crippen molar-refractivity contribution in [3.05, 3.63) is 23.8 Å². The largest absolute Gasteiger partial charge is 0.371 e. The fraction of sp³-hybridized carbons (Fsp3) is 0.222. The van der Waals surface area contributed by atoms with Crippen LogP contribution in [0.4, 0.5) is 0 Å². The van der Waals surface area contributed by atoms with Crippen LogP contribution in [0.2, 0.25) is 0 Å². The summed E-state index contributed by atoms with van der Waals surface area (Å²) in [6, 6.07) is 0. The lowest BCUT2D eigenvalue weighted by Crippen LogP contribution is -2.19. The van der Waals surface area contributed by atoms with Crippen LogP contribution in [-0.4, -0.2) is 22.4 Å². The van der Waals surface area contributed by atoms with E-state index in [9.17, 15) is 9.59 Å². The van der Waals surface area contributed by atoms with Crippen LogP contribution in [0.5, 0.6) is 0 Å². The summed E-state index contributed by atoms with van der Waals surface area (Å²) in [6.45, 7) is 0.611. The molecule has 0 fully saturated rings. The van der Waals surface area contributed by atoms with Gasteiger partial charge in [0.1, 0.15) is 4.32 Å². The van der Waals surface area contributed by atoms with Gasteiger partial charge >= 0.3 is 0 Å². The molecule has 0 aromatic heterocycles. The molecule has 0 amide bonds. The second-order valence-electron chi connectivity index (χ2n) is 2.76. The summed E-state index contributed by atoms with van der Waals surface area (Å²) in [6.07, 6.45) is 4.94. The Labute approximate surface area is 92.7 Å². The molecular formula is C9H9NO2S2. The number of ketones is 2. The van der Waals surface area contributed by atoms with Gasteiger partial charge in [-0.05, 0) is 24.1 Å². The summed E-state index contributed by atoms with van der Waals surface area (Å²) in [5.74, 6) is -0.928. The molecule has 0 atom stereocenters. The molecule has 3 nitrogen and oxygen atoms in total. The van der Waals surface area contributed by atoms with E-state index in [4.69, 9.17) is 12.2 Å². The summed E-state index contributed by atoms with van der Waals surface area (Å²) < 4.78 is 0.424. The molecule has 0 radical (unpaired) electrons. The highest BCUT2D eigenvalue weighted by Gasteiger charge is 2.12. The van der Waals surface area contributed by atoms with Gasteiger partial charge in [0.05, 0.1) is 0 Å². The lowest BCUT2D eigenvalue weighted by atomic mass is 10.0. The SMILES string of the molecule is O=C1C=CC(CCNC(=S)S)=CC1=O.